The van der Waals surface area contributed by atoms with Gasteiger partial charge in [0, 0.05) is 6.20 Å². The van der Waals surface area contributed by atoms with Crippen molar-refractivity contribution < 1.29 is 31.9 Å². The molecule has 0 unspecified atom stereocenters. The smallest absolute Gasteiger partial charge is 0.410 e. The van der Waals surface area contributed by atoms with Gasteiger partial charge in [-0.3, -0.25) is 19.5 Å². The Labute approximate surface area is 154 Å². The van der Waals surface area contributed by atoms with Gasteiger partial charge in [0.2, 0.25) is 5.91 Å². The number of carbonyl (C=O) groups is 3. The quantitative estimate of drug-likeness (QED) is 0.626. The molecule has 0 aromatic carbocycles. The summed E-state index contributed by atoms with van der Waals surface area (Å²) in [5.74, 6) is -2.69. The van der Waals surface area contributed by atoms with Crippen LogP contribution in [0.5, 0.6) is 0 Å². The van der Waals surface area contributed by atoms with Crippen LogP contribution in [-0.4, -0.2) is 79.5 Å². The number of pyridine rings is 1. The highest BCUT2D eigenvalue weighted by Gasteiger charge is 2.40. The Morgan fingerprint density at radius 1 is 1.26 bits per heavy atom. The van der Waals surface area contributed by atoms with E-state index in [0.717, 1.165) is 18.5 Å². The standard InChI is InChI=1S/C15H17FN4O6S/c16-10-3-9(4-17-5-10)14(22)19-12-8-27(24,25)7-11(12)18-13(21)6-20-1-2-26-15(20)23/h3-5,11-12H,1-2,6-8H2,(H,18,21)(H,19,22)/t11-,12-/m1/s1. The van der Waals surface area contributed by atoms with Gasteiger partial charge in [-0.15, -0.1) is 0 Å². The molecule has 2 saturated heterocycles. The molecule has 0 saturated carbocycles. The number of amides is 3. The molecule has 27 heavy (non-hydrogen) atoms. The molecule has 3 amide bonds. The number of carbonyl (C=O) groups excluding carboxylic acids is 3. The van der Waals surface area contributed by atoms with E-state index in [2.05, 4.69) is 15.6 Å². The van der Waals surface area contributed by atoms with Gasteiger partial charge in [0.15, 0.2) is 9.84 Å². The molecular formula is C15H17FN4O6S. The summed E-state index contributed by atoms with van der Waals surface area (Å²) in [4.78, 5) is 40.5. The molecule has 2 N–H and O–H groups in total. The van der Waals surface area contributed by atoms with Gasteiger partial charge >= 0.3 is 6.09 Å². The van der Waals surface area contributed by atoms with Gasteiger partial charge in [0.1, 0.15) is 19.0 Å². The van der Waals surface area contributed by atoms with E-state index in [1.54, 1.807) is 0 Å². The Morgan fingerprint density at radius 2 is 1.96 bits per heavy atom. The predicted molar refractivity (Wildman–Crippen MR) is 89.0 cm³/mol. The zero-order valence-corrected chi connectivity index (χ0v) is 14.9. The van der Waals surface area contributed by atoms with Crippen molar-refractivity contribution in [2.24, 2.45) is 0 Å². The van der Waals surface area contributed by atoms with Crippen LogP contribution >= 0.6 is 0 Å². The number of halogens is 1. The fourth-order valence-corrected chi connectivity index (χ4v) is 4.78. The van der Waals surface area contributed by atoms with E-state index in [4.69, 9.17) is 4.74 Å². The number of nitrogens with zero attached hydrogens (tertiary/aromatic N) is 2. The van der Waals surface area contributed by atoms with Gasteiger partial charge < -0.3 is 15.4 Å². The number of nitrogens with one attached hydrogen (secondary N) is 2. The van der Waals surface area contributed by atoms with Crippen LogP contribution < -0.4 is 10.6 Å². The van der Waals surface area contributed by atoms with Crippen LogP contribution in [-0.2, 0) is 19.4 Å². The molecule has 0 aliphatic carbocycles. The second kappa shape index (κ2) is 7.47. The Kier molecular flexibility index (Phi) is 5.26. The van der Waals surface area contributed by atoms with Crippen molar-refractivity contribution in [2.75, 3.05) is 31.2 Å². The lowest BCUT2D eigenvalue weighted by atomic mass is 10.1. The number of rotatable bonds is 5. The number of hydrogen-bond donors (Lipinski definition) is 2. The lowest BCUT2D eigenvalue weighted by molar-refractivity contribution is -0.122. The third-order valence-electron chi connectivity index (χ3n) is 4.16. The Hall–Kier alpha value is -2.76. The molecule has 10 nitrogen and oxygen atoms in total. The maximum atomic E-state index is 13.2. The van der Waals surface area contributed by atoms with E-state index in [1.165, 1.54) is 4.90 Å². The zero-order chi connectivity index (χ0) is 19.6. The van der Waals surface area contributed by atoms with E-state index in [9.17, 15) is 27.2 Å². The Balaban J connectivity index is 1.65. The summed E-state index contributed by atoms with van der Waals surface area (Å²) in [6, 6.07) is -0.787. The summed E-state index contributed by atoms with van der Waals surface area (Å²) >= 11 is 0. The predicted octanol–water partition coefficient (Wildman–Crippen LogP) is -1.32. The van der Waals surface area contributed by atoms with E-state index >= 15 is 0 Å². The van der Waals surface area contributed by atoms with Gasteiger partial charge in [0.25, 0.3) is 5.91 Å². The van der Waals surface area contributed by atoms with Crippen molar-refractivity contribution in [1.29, 1.82) is 0 Å². The van der Waals surface area contributed by atoms with Crippen molar-refractivity contribution in [3.63, 3.8) is 0 Å². The number of sulfone groups is 1. The third-order valence-corrected chi connectivity index (χ3v) is 5.90. The highest BCUT2D eigenvalue weighted by Crippen LogP contribution is 2.14. The number of hydrogen-bond acceptors (Lipinski definition) is 7. The first-order valence-corrected chi connectivity index (χ1v) is 9.88. The van der Waals surface area contributed by atoms with Crippen LogP contribution in [0.1, 0.15) is 10.4 Å². The summed E-state index contributed by atoms with van der Waals surface area (Å²) < 4.78 is 41.8. The SMILES string of the molecule is O=C(CN1CCOC1=O)N[C@@H]1CS(=O)(=O)C[C@H]1NC(=O)c1cncc(F)c1. The molecule has 1 aromatic rings. The first kappa shape index (κ1) is 19.0. The second-order valence-electron chi connectivity index (χ2n) is 6.26. The van der Waals surface area contributed by atoms with Crippen molar-refractivity contribution in [2.45, 2.75) is 12.1 Å². The molecule has 0 bridgehead atoms. The van der Waals surface area contributed by atoms with Crippen molar-refractivity contribution in [3.8, 4) is 0 Å². The van der Waals surface area contributed by atoms with Crippen molar-refractivity contribution >= 4 is 27.7 Å². The Bertz CT molecular complexity index is 877. The number of aromatic nitrogens is 1. The maximum absolute atomic E-state index is 13.2. The molecule has 2 fully saturated rings. The minimum absolute atomic E-state index is 0.0656. The summed E-state index contributed by atoms with van der Waals surface area (Å²) in [5.41, 5.74) is -0.0656. The molecule has 2 aliphatic rings. The van der Waals surface area contributed by atoms with Crippen LogP contribution in [0.15, 0.2) is 18.5 Å². The largest absolute Gasteiger partial charge is 0.448 e. The topological polar surface area (TPSA) is 135 Å². The molecule has 0 radical (unpaired) electrons. The number of ether oxygens (including phenoxy) is 1. The van der Waals surface area contributed by atoms with Crippen LogP contribution in [0, 0.1) is 5.82 Å². The molecule has 3 rings (SSSR count). The monoisotopic (exact) mass is 400 g/mol. The Morgan fingerprint density at radius 3 is 2.59 bits per heavy atom. The van der Waals surface area contributed by atoms with Gasteiger partial charge in [-0.1, -0.05) is 0 Å². The summed E-state index contributed by atoms with van der Waals surface area (Å²) in [5, 5.41) is 5.02. The van der Waals surface area contributed by atoms with Crippen LogP contribution in [0.4, 0.5) is 9.18 Å². The van der Waals surface area contributed by atoms with Gasteiger partial charge in [-0.05, 0) is 6.07 Å². The minimum atomic E-state index is -3.49. The average molecular weight is 400 g/mol. The molecule has 3 heterocycles. The number of cyclic esters (lactones) is 1. The first-order chi connectivity index (χ1) is 12.7. The van der Waals surface area contributed by atoms with Crippen LogP contribution in [0.2, 0.25) is 0 Å². The lowest BCUT2D eigenvalue weighted by Gasteiger charge is -2.22. The highest BCUT2D eigenvalue weighted by molar-refractivity contribution is 7.91. The normalized spacial score (nSPS) is 23.7. The molecule has 12 heteroatoms. The van der Waals surface area contributed by atoms with E-state index in [1.807, 2.05) is 0 Å². The fraction of sp³-hybridized carbons (Fsp3) is 0.467. The van der Waals surface area contributed by atoms with Gasteiger partial charge in [-0.25, -0.2) is 17.6 Å². The molecule has 1 aromatic heterocycles. The maximum Gasteiger partial charge on any atom is 0.410 e. The van der Waals surface area contributed by atoms with E-state index in [0.29, 0.717) is 0 Å². The summed E-state index contributed by atoms with van der Waals surface area (Å²) in [6.45, 7) is 0.177. The third kappa shape index (κ3) is 4.70. The highest BCUT2D eigenvalue weighted by atomic mass is 32.2. The van der Waals surface area contributed by atoms with Crippen LogP contribution in [0.25, 0.3) is 0 Å². The van der Waals surface area contributed by atoms with Crippen molar-refractivity contribution in [3.05, 3.63) is 29.8 Å². The van der Waals surface area contributed by atoms with Crippen molar-refractivity contribution in [1.82, 2.24) is 20.5 Å². The second-order valence-corrected chi connectivity index (χ2v) is 8.41. The molecular weight excluding hydrogens is 383 g/mol. The van der Waals surface area contributed by atoms with Gasteiger partial charge in [-0.2, -0.15) is 0 Å². The van der Waals surface area contributed by atoms with E-state index in [-0.39, 0.29) is 36.8 Å². The fourth-order valence-electron chi connectivity index (χ4n) is 2.91. The molecule has 2 atom stereocenters. The zero-order valence-electron chi connectivity index (χ0n) is 14.1. The lowest BCUT2D eigenvalue weighted by Crippen LogP contribution is -2.52. The minimum Gasteiger partial charge on any atom is -0.448 e. The van der Waals surface area contributed by atoms with E-state index < -0.39 is 45.6 Å². The van der Waals surface area contributed by atoms with Crippen LogP contribution in [0.3, 0.4) is 0 Å². The molecule has 2 aliphatic heterocycles. The molecule has 0 spiro atoms. The molecule has 146 valence electrons. The summed E-state index contributed by atoms with van der Waals surface area (Å²) in [7, 11) is -3.49. The first-order valence-electron chi connectivity index (χ1n) is 8.06. The average Bonchev–Trinajstić information content (AvgIpc) is 3.10. The van der Waals surface area contributed by atoms with Gasteiger partial charge in [0.05, 0.1) is 41.9 Å². The summed E-state index contributed by atoms with van der Waals surface area (Å²) in [6.07, 6.45) is 1.46.